The first-order valence-corrected chi connectivity index (χ1v) is 6.35. The number of carbonyl (C=O) groups excluding carboxylic acids is 1. The molecule has 1 unspecified atom stereocenters. The molecular formula is C13H17ClN2O3. The van der Waals surface area contributed by atoms with Crippen LogP contribution in [0.4, 0.5) is 5.69 Å². The molecule has 1 atom stereocenters. The van der Waals surface area contributed by atoms with E-state index in [0.29, 0.717) is 35.7 Å². The molecule has 0 aliphatic rings. The number of benzene rings is 1. The van der Waals surface area contributed by atoms with Crippen molar-refractivity contribution < 1.29 is 14.7 Å². The van der Waals surface area contributed by atoms with Gasteiger partial charge in [0.25, 0.3) is 5.91 Å². The monoisotopic (exact) mass is 284 g/mol. The topological polar surface area (TPSA) is 92.4 Å². The van der Waals surface area contributed by atoms with E-state index in [0.717, 1.165) is 0 Å². The minimum Gasteiger partial charge on any atom is -0.481 e. The number of carboxylic acids is 1. The van der Waals surface area contributed by atoms with E-state index in [-0.39, 0.29) is 5.91 Å². The number of aliphatic carboxylic acids is 1. The lowest BCUT2D eigenvalue weighted by molar-refractivity contribution is -0.141. The van der Waals surface area contributed by atoms with Gasteiger partial charge in [-0.2, -0.15) is 0 Å². The standard InChI is InChI=1S/C13H17ClN2O3/c1-8(13(18)19)3-2-6-16-12(17)9-4-5-10(14)11(15)7-9/h4-5,7-8H,2-3,6,15H2,1H3,(H,16,17)(H,18,19). The molecule has 1 rings (SSSR count). The number of nitrogens with one attached hydrogen (secondary N) is 1. The predicted octanol–water partition coefficient (Wildman–Crippen LogP) is 2.15. The van der Waals surface area contributed by atoms with Crippen molar-refractivity contribution in [2.24, 2.45) is 5.92 Å². The lowest BCUT2D eigenvalue weighted by Gasteiger charge is -2.08. The summed E-state index contributed by atoms with van der Waals surface area (Å²) < 4.78 is 0. The maximum absolute atomic E-state index is 11.8. The van der Waals surface area contributed by atoms with Gasteiger partial charge in [0.1, 0.15) is 0 Å². The second-order valence-corrected chi connectivity index (χ2v) is 4.78. The third kappa shape index (κ3) is 4.79. The summed E-state index contributed by atoms with van der Waals surface area (Å²) in [6.45, 7) is 2.07. The molecule has 0 heterocycles. The molecule has 0 saturated carbocycles. The highest BCUT2D eigenvalue weighted by Crippen LogP contribution is 2.19. The summed E-state index contributed by atoms with van der Waals surface area (Å²) in [5.41, 5.74) is 6.40. The Morgan fingerprint density at radius 3 is 2.74 bits per heavy atom. The maximum atomic E-state index is 11.8. The lowest BCUT2D eigenvalue weighted by Crippen LogP contribution is -2.25. The van der Waals surface area contributed by atoms with Crippen LogP contribution in [0.3, 0.4) is 0 Å². The van der Waals surface area contributed by atoms with Gasteiger partial charge in [0.05, 0.1) is 16.6 Å². The van der Waals surface area contributed by atoms with Crippen LogP contribution in [0.5, 0.6) is 0 Å². The summed E-state index contributed by atoms with van der Waals surface area (Å²) >= 11 is 5.76. The van der Waals surface area contributed by atoms with Gasteiger partial charge < -0.3 is 16.2 Å². The SMILES string of the molecule is CC(CCCNC(=O)c1ccc(Cl)c(N)c1)C(=O)O. The zero-order chi connectivity index (χ0) is 14.4. The van der Waals surface area contributed by atoms with E-state index in [9.17, 15) is 9.59 Å². The summed E-state index contributed by atoms with van der Waals surface area (Å²) in [6.07, 6.45) is 1.14. The Morgan fingerprint density at radius 1 is 1.47 bits per heavy atom. The highest BCUT2D eigenvalue weighted by atomic mass is 35.5. The van der Waals surface area contributed by atoms with Crippen LogP contribution in [-0.2, 0) is 4.79 Å². The Balaban J connectivity index is 2.39. The Morgan fingerprint density at radius 2 is 2.16 bits per heavy atom. The number of rotatable bonds is 6. The second-order valence-electron chi connectivity index (χ2n) is 4.37. The molecule has 0 fully saturated rings. The summed E-state index contributed by atoms with van der Waals surface area (Å²) in [7, 11) is 0. The number of carboxylic acid groups (broad SMARTS) is 1. The molecule has 0 aliphatic heterocycles. The van der Waals surface area contributed by atoms with Crippen molar-refractivity contribution in [2.45, 2.75) is 19.8 Å². The summed E-state index contributed by atoms with van der Waals surface area (Å²) in [5.74, 6) is -1.47. The molecule has 6 heteroatoms. The highest BCUT2D eigenvalue weighted by Gasteiger charge is 2.11. The molecule has 0 bridgehead atoms. The quantitative estimate of drug-likeness (QED) is 0.551. The van der Waals surface area contributed by atoms with Gasteiger partial charge in [-0.3, -0.25) is 9.59 Å². The van der Waals surface area contributed by atoms with E-state index >= 15 is 0 Å². The zero-order valence-corrected chi connectivity index (χ0v) is 11.4. The number of hydrogen-bond donors (Lipinski definition) is 3. The van der Waals surface area contributed by atoms with Gasteiger partial charge in [-0.05, 0) is 31.0 Å². The van der Waals surface area contributed by atoms with Crippen molar-refractivity contribution in [3.8, 4) is 0 Å². The Kier molecular flexibility index (Phi) is 5.63. The Labute approximate surface area is 116 Å². The minimum atomic E-state index is -0.822. The van der Waals surface area contributed by atoms with E-state index < -0.39 is 11.9 Å². The van der Waals surface area contributed by atoms with E-state index in [2.05, 4.69) is 5.32 Å². The first-order valence-electron chi connectivity index (χ1n) is 5.98. The third-order valence-corrected chi connectivity index (χ3v) is 3.12. The van der Waals surface area contributed by atoms with Gasteiger partial charge in [-0.15, -0.1) is 0 Å². The van der Waals surface area contributed by atoms with Crippen LogP contribution in [0.2, 0.25) is 5.02 Å². The molecule has 1 aromatic carbocycles. The number of anilines is 1. The van der Waals surface area contributed by atoms with Crippen LogP contribution in [0.1, 0.15) is 30.1 Å². The Bertz CT molecular complexity index is 477. The molecule has 0 spiro atoms. The van der Waals surface area contributed by atoms with Crippen molar-refractivity contribution in [3.63, 3.8) is 0 Å². The highest BCUT2D eigenvalue weighted by molar-refractivity contribution is 6.33. The Hall–Kier alpha value is -1.75. The largest absolute Gasteiger partial charge is 0.481 e. The molecule has 1 amide bonds. The maximum Gasteiger partial charge on any atom is 0.306 e. The van der Waals surface area contributed by atoms with Crippen LogP contribution in [0.25, 0.3) is 0 Å². The van der Waals surface area contributed by atoms with E-state index in [1.165, 1.54) is 6.07 Å². The van der Waals surface area contributed by atoms with Crippen molar-refractivity contribution >= 4 is 29.2 Å². The predicted molar refractivity (Wildman–Crippen MR) is 74.2 cm³/mol. The van der Waals surface area contributed by atoms with Crippen LogP contribution in [0.15, 0.2) is 18.2 Å². The fourth-order valence-electron chi connectivity index (χ4n) is 1.52. The van der Waals surface area contributed by atoms with E-state index in [1.807, 2.05) is 0 Å². The first kappa shape index (κ1) is 15.3. The van der Waals surface area contributed by atoms with E-state index in [4.69, 9.17) is 22.4 Å². The van der Waals surface area contributed by atoms with Crippen LogP contribution in [0, 0.1) is 5.92 Å². The van der Waals surface area contributed by atoms with Crippen LogP contribution < -0.4 is 11.1 Å². The van der Waals surface area contributed by atoms with Crippen LogP contribution >= 0.6 is 11.6 Å². The molecule has 0 saturated heterocycles. The van der Waals surface area contributed by atoms with Gasteiger partial charge in [-0.1, -0.05) is 18.5 Å². The lowest BCUT2D eigenvalue weighted by atomic mass is 10.1. The number of amides is 1. The van der Waals surface area contributed by atoms with Gasteiger partial charge in [0.15, 0.2) is 0 Å². The summed E-state index contributed by atoms with van der Waals surface area (Å²) in [6, 6.07) is 4.67. The van der Waals surface area contributed by atoms with Crippen molar-refractivity contribution in [1.82, 2.24) is 5.32 Å². The van der Waals surface area contributed by atoms with Crippen LogP contribution in [-0.4, -0.2) is 23.5 Å². The molecule has 1 aromatic rings. The normalized spacial score (nSPS) is 11.9. The van der Waals surface area contributed by atoms with Gasteiger partial charge >= 0.3 is 5.97 Å². The summed E-state index contributed by atoms with van der Waals surface area (Å²) in [5, 5.41) is 11.8. The first-order chi connectivity index (χ1) is 8.91. The average Bonchev–Trinajstić information content (AvgIpc) is 2.37. The number of hydrogen-bond acceptors (Lipinski definition) is 3. The molecule has 104 valence electrons. The molecule has 5 nitrogen and oxygen atoms in total. The molecular weight excluding hydrogens is 268 g/mol. The van der Waals surface area contributed by atoms with Gasteiger partial charge in [-0.25, -0.2) is 0 Å². The average molecular weight is 285 g/mol. The fourth-order valence-corrected chi connectivity index (χ4v) is 1.64. The number of nitrogens with two attached hydrogens (primary N) is 1. The number of carbonyl (C=O) groups is 2. The molecule has 0 aliphatic carbocycles. The van der Waals surface area contributed by atoms with Gasteiger partial charge in [0.2, 0.25) is 0 Å². The van der Waals surface area contributed by atoms with Crippen molar-refractivity contribution in [1.29, 1.82) is 0 Å². The zero-order valence-electron chi connectivity index (χ0n) is 10.6. The fraction of sp³-hybridized carbons (Fsp3) is 0.385. The smallest absolute Gasteiger partial charge is 0.306 e. The second kappa shape index (κ2) is 6.99. The number of halogens is 1. The minimum absolute atomic E-state index is 0.244. The summed E-state index contributed by atoms with van der Waals surface area (Å²) in [4.78, 5) is 22.4. The van der Waals surface area contributed by atoms with Crippen molar-refractivity contribution in [2.75, 3.05) is 12.3 Å². The molecule has 0 aromatic heterocycles. The molecule has 19 heavy (non-hydrogen) atoms. The van der Waals surface area contributed by atoms with E-state index in [1.54, 1.807) is 19.1 Å². The number of nitrogen functional groups attached to an aromatic ring is 1. The van der Waals surface area contributed by atoms with Gasteiger partial charge in [0, 0.05) is 12.1 Å². The van der Waals surface area contributed by atoms with Crippen molar-refractivity contribution in [3.05, 3.63) is 28.8 Å². The molecule has 4 N–H and O–H groups in total. The molecule has 0 radical (unpaired) electrons. The third-order valence-electron chi connectivity index (χ3n) is 2.78.